The molecule has 2 aliphatic rings. The minimum atomic E-state index is -0.241. The van der Waals surface area contributed by atoms with Crippen LogP contribution in [0.3, 0.4) is 0 Å². The molecule has 3 N–H and O–H groups in total. The molecule has 1 aromatic rings. The monoisotopic (exact) mass is 407 g/mol. The van der Waals surface area contributed by atoms with E-state index in [9.17, 15) is 4.79 Å². The predicted octanol–water partition coefficient (Wildman–Crippen LogP) is 1.93. The first-order valence-corrected chi connectivity index (χ1v) is 8.43. The van der Waals surface area contributed by atoms with Gasteiger partial charge in [0.05, 0.1) is 6.61 Å². The molecule has 1 aromatic heterocycles. The maximum absolute atomic E-state index is 11.6. The first kappa shape index (κ1) is 22.7. The van der Waals surface area contributed by atoms with Gasteiger partial charge in [-0.15, -0.1) is 24.8 Å². The summed E-state index contributed by atoms with van der Waals surface area (Å²) in [5, 5.41) is 3.28. The maximum atomic E-state index is 11.6. The zero-order valence-corrected chi connectivity index (χ0v) is 16.5. The number of halogens is 2. The average molecular weight is 408 g/mol. The second-order valence-corrected chi connectivity index (χ2v) is 6.34. The van der Waals surface area contributed by atoms with Gasteiger partial charge in [0.2, 0.25) is 0 Å². The van der Waals surface area contributed by atoms with Gasteiger partial charge in [-0.3, -0.25) is 0 Å². The van der Waals surface area contributed by atoms with Crippen LogP contribution in [0.15, 0.2) is 6.07 Å². The van der Waals surface area contributed by atoms with Crippen LogP contribution in [0.4, 0.5) is 10.6 Å². The molecule has 10 heteroatoms. The number of nitrogens with zero attached hydrogens (tertiary/aromatic N) is 3. The molecule has 148 valence electrons. The second-order valence-electron chi connectivity index (χ2n) is 6.34. The van der Waals surface area contributed by atoms with Crippen LogP contribution >= 0.6 is 24.8 Å². The summed E-state index contributed by atoms with van der Waals surface area (Å²) in [6.07, 6.45) is 2.56. The van der Waals surface area contributed by atoms with E-state index in [2.05, 4.69) is 15.3 Å². The van der Waals surface area contributed by atoms with Crippen molar-refractivity contribution in [1.82, 2.24) is 14.9 Å². The number of methoxy groups -OCH3 is 1. The van der Waals surface area contributed by atoms with Crippen molar-refractivity contribution in [3.05, 3.63) is 17.6 Å². The lowest BCUT2D eigenvalue weighted by Crippen LogP contribution is -2.40. The molecular weight excluding hydrogens is 381 g/mol. The Hall–Kier alpha value is -1.35. The highest BCUT2D eigenvalue weighted by Gasteiger charge is 2.29. The number of anilines is 1. The van der Waals surface area contributed by atoms with Gasteiger partial charge in [0.15, 0.2) is 5.82 Å². The van der Waals surface area contributed by atoms with E-state index in [1.54, 1.807) is 12.0 Å². The molecule has 2 heterocycles. The Morgan fingerprint density at radius 1 is 1.38 bits per heavy atom. The number of nitrogens with one attached hydrogen (secondary N) is 1. The molecule has 1 saturated carbocycles. The second kappa shape index (κ2) is 10.7. The lowest BCUT2D eigenvalue weighted by molar-refractivity contribution is 0.0746. The molecule has 0 atom stereocenters. The molecular formula is C16H27Cl2N5O3. The number of nitrogens with two attached hydrogens (primary N) is 1. The van der Waals surface area contributed by atoms with Crippen molar-refractivity contribution in [1.29, 1.82) is 0 Å². The fraction of sp³-hybridized carbons (Fsp3) is 0.688. The fourth-order valence-corrected chi connectivity index (χ4v) is 3.03. The topological polar surface area (TPSA) is 103 Å². The summed E-state index contributed by atoms with van der Waals surface area (Å²) >= 11 is 0. The van der Waals surface area contributed by atoms with Gasteiger partial charge in [0.1, 0.15) is 12.4 Å². The van der Waals surface area contributed by atoms with Gasteiger partial charge in [0, 0.05) is 50.5 Å². The van der Waals surface area contributed by atoms with E-state index in [-0.39, 0.29) is 36.9 Å². The van der Waals surface area contributed by atoms with Crippen molar-refractivity contribution in [2.45, 2.75) is 37.8 Å². The van der Waals surface area contributed by atoms with Crippen LogP contribution in [0.1, 0.15) is 36.7 Å². The number of hydrogen-bond acceptors (Lipinski definition) is 7. The Labute approximate surface area is 166 Å². The molecule has 0 aromatic carbocycles. The molecule has 0 radical (unpaired) electrons. The summed E-state index contributed by atoms with van der Waals surface area (Å²) in [4.78, 5) is 22.4. The maximum Gasteiger partial charge on any atom is 0.409 e. The smallest absolute Gasteiger partial charge is 0.409 e. The molecule has 0 spiro atoms. The van der Waals surface area contributed by atoms with Crippen molar-refractivity contribution in [3.8, 4) is 0 Å². The van der Waals surface area contributed by atoms with E-state index in [4.69, 9.17) is 15.2 Å². The van der Waals surface area contributed by atoms with E-state index in [0.29, 0.717) is 38.0 Å². The number of carbonyl (C=O) groups is 1. The van der Waals surface area contributed by atoms with E-state index < -0.39 is 0 Å². The van der Waals surface area contributed by atoms with Crippen molar-refractivity contribution in [3.63, 3.8) is 0 Å². The third-order valence-electron chi connectivity index (χ3n) is 4.40. The molecule has 3 rings (SSSR count). The van der Waals surface area contributed by atoms with Gasteiger partial charge in [-0.2, -0.15) is 0 Å². The van der Waals surface area contributed by atoms with Crippen LogP contribution in [-0.4, -0.2) is 60.4 Å². The van der Waals surface area contributed by atoms with Crippen molar-refractivity contribution in [2.75, 3.05) is 38.7 Å². The molecule has 2 fully saturated rings. The van der Waals surface area contributed by atoms with Crippen LogP contribution in [0.25, 0.3) is 0 Å². The standard InChI is InChI=1S/C16H25N5O3.2ClH/c1-23-10-15-19-13(11-7-12(17)8-11)9-14(20-15)18-3-5-21-4-2-6-24-16(21)22;;/h9,11-12H,2-8,10,17H2,1H3,(H,18,19,20);2*1H. The predicted molar refractivity (Wildman–Crippen MR) is 103 cm³/mol. The summed E-state index contributed by atoms with van der Waals surface area (Å²) < 4.78 is 10.2. The van der Waals surface area contributed by atoms with E-state index in [1.807, 2.05) is 6.07 Å². The Kier molecular flexibility index (Phi) is 9.35. The van der Waals surface area contributed by atoms with E-state index in [0.717, 1.165) is 37.3 Å². The number of carbonyl (C=O) groups excluding carboxylic acids is 1. The largest absolute Gasteiger partial charge is 0.449 e. The highest BCUT2D eigenvalue weighted by Crippen LogP contribution is 2.35. The minimum absolute atomic E-state index is 0. The highest BCUT2D eigenvalue weighted by atomic mass is 35.5. The van der Waals surface area contributed by atoms with E-state index in [1.165, 1.54) is 0 Å². The Bertz CT molecular complexity index is 587. The molecule has 8 nitrogen and oxygen atoms in total. The first-order chi connectivity index (χ1) is 11.7. The summed E-state index contributed by atoms with van der Waals surface area (Å²) in [7, 11) is 1.63. The van der Waals surface area contributed by atoms with Gasteiger partial charge < -0.3 is 25.4 Å². The molecule has 1 amide bonds. The number of ether oxygens (including phenoxy) is 2. The van der Waals surface area contributed by atoms with Gasteiger partial charge in [0.25, 0.3) is 0 Å². The minimum Gasteiger partial charge on any atom is -0.449 e. The number of cyclic esters (lactones) is 1. The first-order valence-electron chi connectivity index (χ1n) is 8.43. The van der Waals surface area contributed by atoms with Crippen LogP contribution in [0, 0.1) is 0 Å². The summed E-state index contributed by atoms with van der Waals surface area (Å²) in [6.45, 7) is 2.83. The lowest BCUT2D eigenvalue weighted by atomic mass is 9.78. The van der Waals surface area contributed by atoms with Gasteiger partial charge in [-0.05, 0) is 19.3 Å². The molecule has 26 heavy (non-hydrogen) atoms. The van der Waals surface area contributed by atoms with Crippen LogP contribution in [-0.2, 0) is 16.1 Å². The van der Waals surface area contributed by atoms with Crippen molar-refractivity contribution in [2.24, 2.45) is 5.73 Å². The normalized spacial score (nSPS) is 21.8. The van der Waals surface area contributed by atoms with Gasteiger partial charge in [-0.1, -0.05) is 0 Å². The summed E-state index contributed by atoms with van der Waals surface area (Å²) in [5.74, 6) is 1.82. The fourth-order valence-electron chi connectivity index (χ4n) is 3.03. The molecule has 1 aliphatic heterocycles. The van der Waals surface area contributed by atoms with Crippen molar-refractivity contribution < 1.29 is 14.3 Å². The Morgan fingerprint density at radius 2 is 2.15 bits per heavy atom. The molecule has 1 aliphatic carbocycles. The quantitative estimate of drug-likeness (QED) is 0.711. The van der Waals surface area contributed by atoms with Gasteiger partial charge >= 0.3 is 6.09 Å². The van der Waals surface area contributed by atoms with Crippen molar-refractivity contribution >= 4 is 36.7 Å². The number of hydrogen-bond donors (Lipinski definition) is 2. The van der Waals surface area contributed by atoms with Crippen LogP contribution < -0.4 is 11.1 Å². The number of amides is 1. The summed E-state index contributed by atoms with van der Waals surface area (Å²) in [5.41, 5.74) is 6.90. The number of aromatic nitrogens is 2. The Balaban J connectivity index is 0.00000169. The Morgan fingerprint density at radius 3 is 2.81 bits per heavy atom. The SMILES string of the molecule is COCc1nc(NCCN2CCCOC2=O)cc(C2CC(N)C2)n1.Cl.Cl. The average Bonchev–Trinajstić information content (AvgIpc) is 2.54. The highest BCUT2D eigenvalue weighted by molar-refractivity contribution is 5.85. The summed E-state index contributed by atoms with van der Waals surface area (Å²) in [6, 6.07) is 2.25. The lowest BCUT2D eigenvalue weighted by Gasteiger charge is -2.32. The van der Waals surface area contributed by atoms with Crippen LogP contribution in [0.5, 0.6) is 0 Å². The zero-order valence-electron chi connectivity index (χ0n) is 14.8. The molecule has 1 saturated heterocycles. The van der Waals surface area contributed by atoms with Gasteiger partial charge in [-0.25, -0.2) is 14.8 Å². The van der Waals surface area contributed by atoms with Crippen LogP contribution in [0.2, 0.25) is 0 Å². The number of rotatable bonds is 7. The van der Waals surface area contributed by atoms with E-state index >= 15 is 0 Å². The molecule has 0 bridgehead atoms. The third-order valence-corrected chi connectivity index (χ3v) is 4.40. The third kappa shape index (κ3) is 5.84. The zero-order chi connectivity index (χ0) is 16.9. The molecule has 0 unspecified atom stereocenters.